The van der Waals surface area contributed by atoms with Gasteiger partial charge in [0.2, 0.25) is 11.9 Å². The van der Waals surface area contributed by atoms with Gasteiger partial charge in [0.15, 0.2) is 0 Å². The van der Waals surface area contributed by atoms with E-state index in [1.165, 1.54) is 12.7 Å². The number of carbonyl (C=O) groups is 3. The first-order chi connectivity index (χ1) is 20.8. The highest BCUT2D eigenvalue weighted by atomic mass is 16.5. The van der Waals surface area contributed by atoms with E-state index in [-0.39, 0.29) is 23.5 Å². The van der Waals surface area contributed by atoms with E-state index in [0.29, 0.717) is 67.5 Å². The van der Waals surface area contributed by atoms with E-state index in [0.717, 1.165) is 18.5 Å². The van der Waals surface area contributed by atoms with E-state index >= 15 is 0 Å². The van der Waals surface area contributed by atoms with Crippen molar-refractivity contribution < 1.29 is 19.1 Å². The lowest BCUT2D eigenvalue weighted by Crippen LogP contribution is -2.44. The molecule has 226 valence electrons. The van der Waals surface area contributed by atoms with Gasteiger partial charge in [-0.25, -0.2) is 9.78 Å². The number of methoxy groups -OCH3 is 1. The van der Waals surface area contributed by atoms with Gasteiger partial charge in [-0.15, -0.1) is 0 Å². The Bertz CT molecular complexity index is 1620. The minimum absolute atomic E-state index is 0.0811. The summed E-state index contributed by atoms with van der Waals surface area (Å²) in [7, 11) is 1.50. The highest BCUT2D eigenvalue weighted by Crippen LogP contribution is 2.31. The molecule has 1 saturated heterocycles. The third kappa shape index (κ3) is 6.47. The van der Waals surface area contributed by atoms with Crippen LogP contribution in [0.3, 0.4) is 0 Å². The van der Waals surface area contributed by atoms with Gasteiger partial charge in [0.1, 0.15) is 17.0 Å². The van der Waals surface area contributed by atoms with Crippen molar-refractivity contribution in [3.05, 3.63) is 71.0 Å². The van der Waals surface area contributed by atoms with Gasteiger partial charge < -0.3 is 25.3 Å². The van der Waals surface area contributed by atoms with Crippen molar-refractivity contribution in [3.8, 4) is 5.75 Å². The number of carbonyl (C=O) groups excluding carboxylic acids is 3. The van der Waals surface area contributed by atoms with Crippen molar-refractivity contribution in [1.29, 1.82) is 0 Å². The van der Waals surface area contributed by atoms with E-state index in [1.54, 1.807) is 22.9 Å². The van der Waals surface area contributed by atoms with Gasteiger partial charge in [0, 0.05) is 38.3 Å². The van der Waals surface area contributed by atoms with Crippen molar-refractivity contribution in [2.45, 2.75) is 52.1 Å². The smallest absolute Gasteiger partial charge is 0.317 e. The molecular formula is C31H38N8O4. The quantitative estimate of drug-likeness (QED) is 0.240. The Morgan fingerprint density at radius 2 is 1.84 bits per heavy atom. The number of benzene rings is 2. The number of rotatable bonds is 10. The Hall–Kier alpha value is -4.87. The molecule has 4 aromatic rings. The number of amides is 4. The normalized spacial score (nSPS) is 13.7. The minimum atomic E-state index is -0.613. The number of anilines is 1. The highest BCUT2D eigenvalue weighted by molar-refractivity contribution is 6.04. The predicted octanol–water partition coefficient (Wildman–Crippen LogP) is 3.90. The lowest BCUT2D eigenvalue weighted by Gasteiger charge is -2.32. The summed E-state index contributed by atoms with van der Waals surface area (Å²) >= 11 is 0. The molecule has 12 heteroatoms. The van der Waals surface area contributed by atoms with Crippen LogP contribution in [0.2, 0.25) is 0 Å². The van der Waals surface area contributed by atoms with Crippen LogP contribution in [-0.4, -0.2) is 68.8 Å². The molecule has 0 unspecified atom stereocenters. The standard InChI is InChI=1S/C31H38N8O4/c1-4-39-25(17-20(2)36-39)29(41)35-30-34-24-18-23(28(32)40)19-26(43-3)27(24)38(30)14-8-13-33-31(42)37-15-11-22(12-16-37)21-9-6-5-7-10-21/h5-7,9-10,17-19,22H,4,8,11-16H2,1-3H3,(H2,32,40)(H,33,42)(H,34,35,41). The number of aryl methyl sites for hydroxylation is 3. The topological polar surface area (TPSA) is 149 Å². The zero-order valence-corrected chi connectivity index (χ0v) is 24.8. The number of primary amides is 1. The van der Waals surface area contributed by atoms with Crippen molar-refractivity contribution >= 4 is 34.8 Å². The average Bonchev–Trinajstić information content (AvgIpc) is 3.58. The maximum Gasteiger partial charge on any atom is 0.317 e. The van der Waals surface area contributed by atoms with E-state index in [9.17, 15) is 14.4 Å². The summed E-state index contributed by atoms with van der Waals surface area (Å²) in [6.45, 7) is 6.53. The second kappa shape index (κ2) is 13.0. The first-order valence-electron chi connectivity index (χ1n) is 14.6. The van der Waals surface area contributed by atoms with Crippen molar-refractivity contribution in [3.63, 3.8) is 0 Å². The van der Waals surface area contributed by atoms with Gasteiger partial charge >= 0.3 is 6.03 Å². The average molecular weight is 587 g/mol. The Morgan fingerprint density at radius 3 is 2.51 bits per heavy atom. The fraction of sp³-hybridized carbons (Fsp3) is 0.387. The maximum absolute atomic E-state index is 13.3. The summed E-state index contributed by atoms with van der Waals surface area (Å²) in [5.74, 6) is 0.187. The van der Waals surface area contributed by atoms with Crippen LogP contribution in [-0.2, 0) is 13.1 Å². The van der Waals surface area contributed by atoms with Gasteiger partial charge in [-0.2, -0.15) is 5.10 Å². The van der Waals surface area contributed by atoms with Crippen LogP contribution >= 0.6 is 0 Å². The summed E-state index contributed by atoms with van der Waals surface area (Å²) in [6, 6.07) is 15.2. The Labute approximate surface area is 250 Å². The van der Waals surface area contributed by atoms with Crippen LogP contribution in [0, 0.1) is 6.92 Å². The van der Waals surface area contributed by atoms with E-state index < -0.39 is 5.91 Å². The monoisotopic (exact) mass is 586 g/mol. The number of hydrogen-bond acceptors (Lipinski definition) is 6. The van der Waals surface area contributed by atoms with Crippen molar-refractivity contribution in [2.24, 2.45) is 5.73 Å². The van der Waals surface area contributed by atoms with Gasteiger partial charge in [0.25, 0.3) is 5.91 Å². The molecule has 4 amide bonds. The zero-order valence-electron chi connectivity index (χ0n) is 24.8. The second-order valence-electron chi connectivity index (χ2n) is 10.7. The Balaban J connectivity index is 1.28. The molecule has 1 fully saturated rings. The molecule has 43 heavy (non-hydrogen) atoms. The number of hydrogen-bond donors (Lipinski definition) is 3. The summed E-state index contributed by atoms with van der Waals surface area (Å²) in [5.41, 5.74) is 9.31. The third-order valence-electron chi connectivity index (χ3n) is 7.86. The van der Waals surface area contributed by atoms with Gasteiger partial charge in [-0.05, 0) is 62.8 Å². The van der Waals surface area contributed by atoms with Crippen LogP contribution in [0.25, 0.3) is 11.0 Å². The summed E-state index contributed by atoms with van der Waals surface area (Å²) in [6.07, 6.45) is 2.43. The van der Waals surface area contributed by atoms with Crippen LogP contribution < -0.4 is 21.1 Å². The Kier molecular flexibility index (Phi) is 8.93. The lowest BCUT2D eigenvalue weighted by molar-refractivity contribution is 0.0995. The van der Waals surface area contributed by atoms with E-state index in [4.69, 9.17) is 10.5 Å². The number of nitrogens with two attached hydrogens (primary N) is 1. The van der Waals surface area contributed by atoms with Crippen LogP contribution in [0.1, 0.15) is 64.2 Å². The molecule has 0 spiro atoms. The molecule has 2 aromatic heterocycles. The lowest BCUT2D eigenvalue weighted by atomic mass is 9.90. The molecular weight excluding hydrogens is 548 g/mol. The summed E-state index contributed by atoms with van der Waals surface area (Å²) in [4.78, 5) is 44.6. The molecule has 0 bridgehead atoms. The summed E-state index contributed by atoms with van der Waals surface area (Å²) in [5, 5.41) is 10.3. The molecule has 12 nitrogen and oxygen atoms in total. The van der Waals surface area contributed by atoms with Crippen LogP contribution in [0.4, 0.5) is 10.7 Å². The first-order valence-corrected chi connectivity index (χ1v) is 14.6. The zero-order chi connectivity index (χ0) is 30.5. The summed E-state index contributed by atoms with van der Waals surface area (Å²) < 4.78 is 9.05. The van der Waals surface area contributed by atoms with Gasteiger partial charge in [0.05, 0.1) is 18.3 Å². The van der Waals surface area contributed by atoms with Gasteiger partial charge in [-0.3, -0.25) is 19.6 Å². The molecule has 0 saturated carbocycles. The van der Waals surface area contributed by atoms with Crippen LogP contribution in [0.15, 0.2) is 48.5 Å². The predicted molar refractivity (Wildman–Crippen MR) is 163 cm³/mol. The third-order valence-corrected chi connectivity index (χ3v) is 7.86. The number of fused-ring (bicyclic) bond motifs is 1. The van der Waals surface area contributed by atoms with E-state index in [1.807, 2.05) is 29.4 Å². The first kappa shape index (κ1) is 29.6. The van der Waals surface area contributed by atoms with Crippen LogP contribution in [0.5, 0.6) is 5.75 Å². The molecule has 4 N–H and O–H groups in total. The maximum atomic E-state index is 13.3. The highest BCUT2D eigenvalue weighted by Gasteiger charge is 2.24. The molecule has 5 rings (SSSR count). The molecule has 0 atom stereocenters. The minimum Gasteiger partial charge on any atom is -0.494 e. The number of aromatic nitrogens is 4. The Morgan fingerprint density at radius 1 is 1.09 bits per heavy atom. The number of likely N-dealkylation sites (tertiary alicyclic amines) is 1. The molecule has 2 aromatic carbocycles. The molecule has 0 radical (unpaired) electrons. The number of imidazole rings is 1. The number of urea groups is 1. The number of piperidine rings is 1. The van der Waals surface area contributed by atoms with Crippen molar-refractivity contribution in [2.75, 3.05) is 32.1 Å². The second-order valence-corrected chi connectivity index (χ2v) is 10.7. The SMILES string of the molecule is CCn1nc(C)cc1C(=O)Nc1nc2cc(C(N)=O)cc(OC)c2n1CCCNC(=O)N1CCC(c2ccccc2)CC1. The largest absolute Gasteiger partial charge is 0.494 e. The number of nitrogens with zero attached hydrogens (tertiary/aromatic N) is 5. The molecule has 3 heterocycles. The molecule has 0 aliphatic carbocycles. The fourth-order valence-electron chi connectivity index (χ4n) is 5.66. The van der Waals surface area contributed by atoms with Gasteiger partial charge in [-0.1, -0.05) is 30.3 Å². The number of nitrogens with one attached hydrogen (secondary N) is 2. The van der Waals surface area contributed by atoms with E-state index in [2.05, 4.69) is 45.0 Å². The van der Waals surface area contributed by atoms with Crippen molar-refractivity contribution in [1.82, 2.24) is 29.5 Å². The molecule has 1 aliphatic rings. The molecule has 1 aliphatic heterocycles. The number of ether oxygens (including phenoxy) is 1. The fourth-order valence-corrected chi connectivity index (χ4v) is 5.66.